The maximum absolute atomic E-state index is 12.7. The van der Waals surface area contributed by atoms with E-state index in [4.69, 9.17) is 23.2 Å². The minimum absolute atomic E-state index is 0.103. The van der Waals surface area contributed by atoms with Crippen molar-refractivity contribution in [2.45, 2.75) is 19.4 Å². The van der Waals surface area contributed by atoms with E-state index < -0.39 is 0 Å². The van der Waals surface area contributed by atoms with E-state index in [1.54, 1.807) is 17.0 Å². The van der Waals surface area contributed by atoms with Crippen LogP contribution in [0.15, 0.2) is 36.4 Å². The largest absolute Gasteiger partial charge is 0.305 e. The number of fused-ring (bicyclic) bond motifs is 1. The third kappa shape index (κ3) is 2.17. The van der Waals surface area contributed by atoms with Gasteiger partial charge in [-0.3, -0.25) is 4.79 Å². The summed E-state index contributed by atoms with van der Waals surface area (Å²) in [5.41, 5.74) is 2.49. The van der Waals surface area contributed by atoms with Crippen molar-refractivity contribution >= 4 is 34.8 Å². The summed E-state index contributed by atoms with van der Waals surface area (Å²) in [7, 11) is 0. The molecule has 2 heterocycles. The number of hydrogen-bond acceptors (Lipinski definition) is 2. The second-order valence-electron chi connectivity index (χ2n) is 4.83. The van der Waals surface area contributed by atoms with Gasteiger partial charge in [-0.2, -0.15) is 0 Å². The number of pyridine rings is 1. The summed E-state index contributed by atoms with van der Waals surface area (Å²) in [5, 5.41) is 0.417. The maximum Gasteiger partial charge on any atom is 0.261 e. The molecule has 102 valence electrons. The fourth-order valence-corrected chi connectivity index (χ4v) is 3.00. The summed E-state index contributed by atoms with van der Waals surface area (Å²) in [6.07, 6.45) is 0.848. The highest BCUT2D eigenvalue weighted by Crippen LogP contribution is 2.33. The average molecular weight is 307 g/mol. The quantitative estimate of drug-likeness (QED) is 0.747. The lowest BCUT2D eigenvalue weighted by Crippen LogP contribution is -2.36. The van der Waals surface area contributed by atoms with Gasteiger partial charge in [0.25, 0.3) is 5.91 Å². The molecule has 1 aromatic carbocycles. The molecule has 1 aliphatic heterocycles. The van der Waals surface area contributed by atoms with Gasteiger partial charge in [-0.25, -0.2) is 4.98 Å². The van der Waals surface area contributed by atoms with Crippen molar-refractivity contribution in [1.82, 2.24) is 4.98 Å². The van der Waals surface area contributed by atoms with Gasteiger partial charge in [-0.15, -0.1) is 0 Å². The summed E-state index contributed by atoms with van der Waals surface area (Å²) < 4.78 is 0. The van der Waals surface area contributed by atoms with Gasteiger partial charge in [-0.1, -0.05) is 41.4 Å². The molecule has 1 aliphatic rings. The first-order chi connectivity index (χ1) is 9.58. The Kier molecular flexibility index (Phi) is 3.40. The molecule has 0 spiro atoms. The van der Waals surface area contributed by atoms with Gasteiger partial charge in [0.1, 0.15) is 10.3 Å². The highest BCUT2D eigenvalue weighted by Gasteiger charge is 2.32. The van der Waals surface area contributed by atoms with Crippen LogP contribution in [0.25, 0.3) is 0 Å². The molecule has 1 amide bonds. The SMILES string of the molecule is CC1Cc2ccccc2N1C(=O)c1ccc(Cl)nc1Cl. The molecule has 3 rings (SSSR count). The Morgan fingerprint density at radius 3 is 2.75 bits per heavy atom. The van der Waals surface area contributed by atoms with Gasteiger partial charge in [0, 0.05) is 11.7 Å². The van der Waals surface area contributed by atoms with Crippen LogP contribution < -0.4 is 4.90 Å². The van der Waals surface area contributed by atoms with E-state index in [0.717, 1.165) is 12.1 Å². The number of halogens is 2. The summed E-state index contributed by atoms with van der Waals surface area (Å²) in [5.74, 6) is -0.142. The number of benzene rings is 1. The van der Waals surface area contributed by atoms with E-state index >= 15 is 0 Å². The molecule has 3 nitrogen and oxygen atoms in total. The number of aromatic nitrogens is 1. The molecule has 0 saturated carbocycles. The van der Waals surface area contributed by atoms with Gasteiger partial charge < -0.3 is 4.90 Å². The summed E-state index contributed by atoms with van der Waals surface area (Å²) in [6.45, 7) is 2.02. The number of anilines is 1. The lowest BCUT2D eigenvalue weighted by Gasteiger charge is -2.23. The van der Waals surface area contributed by atoms with E-state index in [1.807, 2.05) is 31.2 Å². The van der Waals surface area contributed by atoms with Crippen molar-refractivity contribution in [3.8, 4) is 0 Å². The second-order valence-corrected chi connectivity index (χ2v) is 5.57. The predicted octanol–water partition coefficient (Wildman–Crippen LogP) is 3.98. The van der Waals surface area contributed by atoms with Crippen molar-refractivity contribution in [2.24, 2.45) is 0 Å². The number of carbonyl (C=O) groups excluding carboxylic acids is 1. The number of nitrogens with zero attached hydrogens (tertiary/aromatic N) is 2. The first-order valence-corrected chi connectivity index (χ1v) is 7.07. The van der Waals surface area contributed by atoms with Crippen LogP contribution in [-0.4, -0.2) is 16.9 Å². The molecule has 0 bridgehead atoms. The molecule has 1 atom stereocenters. The summed E-state index contributed by atoms with van der Waals surface area (Å²) >= 11 is 11.8. The summed E-state index contributed by atoms with van der Waals surface area (Å²) in [4.78, 5) is 18.4. The van der Waals surface area contributed by atoms with Gasteiger partial charge >= 0.3 is 0 Å². The molecule has 0 saturated heterocycles. The molecule has 20 heavy (non-hydrogen) atoms. The highest BCUT2D eigenvalue weighted by molar-refractivity contribution is 6.35. The zero-order valence-corrected chi connectivity index (χ0v) is 12.3. The molecule has 0 fully saturated rings. The lowest BCUT2D eigenvalue weighted by atomic mass is 10.1. The molecule has 5 heteroatoms. The minimum Gasteiger partial charge on any atom is -0.305 e. The third-order valence-electron chi connectivity index (χ3n) is 3.47. The fourth-order valence-electron chi connectivity index (χ4n) is 2.58. The zero-order chi connectivity index (χ0) is 14.3. The number of para-hydroxylation sites is 1. The Morgan fingerprint density at radius 1 is 1.25 bits per heavy atom. The number of amides is 1. The van der Waals surface area contributed by atoms with E-state index in [1.165, 1.54) is 5.56 Å². The lowest BCUT2D eigenvalue weighted by molar-refractivity contribution is 0.0981. The Balaban J connectivity index is 2.03. The van der Waals surface area contributed by atoms with Crippen molar-refractivity contribution in [2.75, 3.05) is 4.90 Å². The van der Waals surface area contributed by atoms with Gasteiger partial charge in [0.2, 0.25) is 0 Å². The third-order valence-corrected chi connectivity index (χ3v) is 3.97. The first-order valence-electron chi connectivity index (χ1n) is 6.31. The minimum atomic E-state index is -0.142. The van der Waals surface area contributed by atoms with Gasteiger partial charge in [-0.05, 0) is 37.1 Å². The molecule has 1 unspecified atom stereocenters. The van der Waals surface area contributed by atoms with Crippen molar-refractivity contribution in [1.29, 1.82) is 0 Å². The van der Waals surface area contributed by atoms with Gasteiger partial charge in [0.15, 0.2) is 0 Å². The van der Waals surface area contributed by atoms with Crippen LogP contribution in [0, 0.1) is 0 Å². The zero-order valence-electron chi connectivity index (χ0n) is 10.8. The molecule has 0 N–H and O–H groups in total. The van der Waals surface area contributed by atoms with Crippen molar-refractivity contribution < 1.29 is 4.79 Å². The van der Waals surface area contributed by atoms with E-state index in [0.29, 0.717) is 5.56 Å². The predicted molar refractivity (Wildman–Crippen MR) is 80.7 cm³/mol. The van der Waals surface area contributed by atoms with Crippen molar-refractivity contribution in [3.63, 3.8) is 0 Å². The monoisotopic (exact) mass is 306 g/mol. The van der Waals surface area contributed by atoms with Crippen LogP contribution in [0.5, 0.6) is 0 Å². The van der Waals surface area contributed by atoms with Crippen LogP contribution >= 0.6 is 23.2 Å². The Bertz CT molecular complexity index is 687. The first kappa shape index (κ1) is 13.4. The molecular formula is C15H12Cl2N2O. The Morgan fingerprint density at radius 2 is 2.00 bits per heavy atom. The normalized spacial score (nSPS) is 17.1. The number of carbonyl (C=O) groups is 1. The molecule has 1 aromatic heterocycles. The Hall–Kier alpha value is -1.58. The van der Waals surface area contributed by atoms with Crippen molar-refractivity contribution in [3.05, 3.63) is 57.8 Å². The average Bonchev–Trinajstić information content (AvgIpc) is 2.73. The molecule has 0 radical (unpaired) electrons. The highest BCUT2D eigenvalue weighted by atomic mass is 35.5. The van der Waals surface area contributed by atoms with Crippen LogP contribution in [-0.2, 0) is 6.42 Å². The van der Waals surface area contributed by atoms with E-state index in [2.05, 4.69) is 4.98 Å². The van der Waals surface area contributed by atoms with E-state index in [-0.39, 0.29) is 22.3 Å². The maximum atomic E-state index is 12.7. The standard InChI is InChI=1S/C15H12Cl2N2O/c1-9-8-10-4-2-3-5-12(10)19(9)15(20)11-6-7-13(16)18-14(11)17/h2-7,9H,8H2,1H3. The van der Waals surface area contributed by atoms with Gasteiger partial charge in [0.05, 0.1) is 5.56 Å². The van der Waals surface area contributed by atoms with Crippen LogP contribution in [0.1, 0.15) is 22.8 Å². The number of hydrogen-bond donors (Lipinski definition) is 0. The van der Waals surface area contributed by atoms with Crippen LogP contribution in [0.2, 0.25) is 10.3 Å². The fraction of sp³-hybridized carbons (Fsp3) is 0.200. The Labute approximate surface area is 127 Å². The molecular weight excluding hydrogens is 295 g/mol. The molecule has 2 aromatic rings. The molecule has 0 aliphatic carbocycles. The summed E-state index contributed by atoms with van der Waals surface area (Å²) in [6, 6.07) is 11.2. The van der Waals surface area contributed by atoms with E-state index in [9.17, 15) is 4.79 Å². The van der Waals surface area contributed by atoms with Crippen LogP contribution in [0.4, 0.5) is 5.69 Å². The second kappa shape index (κ2) is 5.08. The topological polar surface area (TPSA) is 33.2 Å². The smallest absolute Gasteiger partial charge is 0.261 e. The van der Waals surface area contributed by atoms with Crippen LogP contribution in [0.3, 0.4) is 0 Å². The number of rotatable bonds is 1.